The van der Waals surface area contributed by atoms with E-state index in [1.807, 2.05) is 0 Å². The third-order valence-electron chi connectivity index (χ3n) is 5.78. The summed E-state index contributed by atoms with van der Waals surface area (Å²) in [6.07, 6.45) is 5.27. The Balaban J connectivity index is 1.42. The fourth-order valence-corrected chi connectivity index (χ4v) is 6.31. The van der Waals surface area contributed by atoms with E-state index >= 15 is 0 Å². The van der Waals surface area contributed by atoms with Crippen molar-refractivity contribution in [2.45, 2.75) is 30.8 Å². The zero-order valence-corrected chi connectivity index (χ0v) is 21.3. The molecule has 11 heteroatoms. The van der Waals surface area contributed by atoms with Crippen LogP contribution in [-0.4, -0.2) is 37.6 Å². The minimum atomic E-state index is -0.406. The van der Waals surface area contributed by atoms with Gasteiger partial charge in [-0.3, -0.25) is 14.2 Å². The molecular weight excluding hydrogens is 520 g/mol. The molecule has 3 N–H and O–H groups in total. The van der Waals surface area contributed by atoms with E-state index in [9.17, 15) is 19.8 Å². The number of nitrogens with zero attached hydrogens (tertiary/aromatic N) is 3. The van der Waals surface area contributed by atoms with Crippen molar-refractivity contribution >= 4 is 57.0 Å². The van der Waals surface area contributed by atoms with Gasteiger partial charge in [-0.05, 0) is 67.6 Å². The highest BCUT2D eigenvalue weighted by molar-refractivity contribution is 7.99. The van der Waals surface area contributed by atoms with Crippen molar-refractivity contribution in [3.63, 3.8) is 0 Å². The average molecular weight is 541 g/mol. The monoisotopic (exact) mass is 540 g/mol. The SMILES string of the molecule is O=C(CSc1nc2sc3c(c2c(=O)n1-c1ccc(Cl)cc1)CCCC3)N/N=C/c1ccc(O)cc1O. The molecule has 0 unspecified atom stereocenters. The lowest BCUT2D eigenvalue weighted by molar-refractivity contribution is -0.118. The molecule has 8 nitrogen and oxygen atoms in total. The van der Waals surface area contributed by atoms with Crippen molar-refractivity contribution in [1.29, 1.82) is 0 Å². The van der Waals surface area contributed by atoms with Crippen molar-refractivity contribution < 1.29 is 15.0 Å². The number of hydrazone groups is 1. The van der Waals surface area contributed by atoms with Crippen LogP contribution in [0.1, 0.15) is 28.8 Å². The molecule has 184 valence electrons. The van der Waals surface area contributed by atoms with E-state index < -0.39 is 5.91 Å². The van der Waals surface area contributed by atoms with Gasteiger partial charge in [0.25, 0.3) is 11.5 Å². The number of thiophene rings is 1. The van der Waals surface area contributed by atoms with Crippen molar-refractivity contribution in [3.8, 4) is 17.2 Å². The summed E-state index contributed by atoms with van der Waals surface area (Å²) in [6.45, 7) is 0. The van der Waals surface area contributed by atoms with Crippen LogP contribution in [0.4, 0.5) is 0 Å². The first-order chi connectivity index (χ1) is 17.4. The van der Waals surface area contributed by atoms with Crippen LogP contribution in [0.25, 0.3) is 15.9 Å². The van der Waals surface area contributed by atoms with Crippen LogP contribution in [0.15, 0.2) is 57.5 Å². The molecule has 4 aromatic rings. The fraction of sp³-hybridized carbons (Fsp3) is 0.200. The third kappa shape index (κ3) is 4.97. The lowest BCUT2D eigenvalue weighted by atomic mass is 9.97. The van der Waals surface area contributed by atoms with Gasteiger partial charge in [-0.15, -0.1) is 11.3 Å². The van der Waals surface area contributed by atoms with E-state index in [0.717, 1.165) is 43.0 Å². The summed E-state index contributed by atoms with van der Waals surface area (Å²) in [4.78, 5) is 32.9. The summed E-state index contributed by atoms with van der Waals surface area (Å²) >= 11 is 8.76. The number of amides is 1. The smallest absolute Gasteiger partial charge is 0.267 e. The second-order valence-electron chi connectivity index (χ2n) is 8.23. The third-order valence-corrected chi connectivity index (χ3v) is 8.16. The van der Waals surface area contributed by atoms with Gasteiger partial charge < -0.3 is 10.2 Å². The molecule has 0 fully saturated rings. The molecule has 0 radical (unpaired) electrons. The average Bonchev–Trinajstić information content (AvgIpc) is 3.23. The van der Waals surface area contributed by atoms with Crippen LogP contribution in [0.2, 0.25) is 5.02 Å². The Bertz CT molecular complexity index is 1550. The van der Waals surface area contributed by atoms with E-state index in [2.05, 4.69) is 10.5 Å². The predicted molar refractivity (Wildman–Crippen MR) is 143 cm³/mol. The lowest BCUT2D eigenvalue weighted by Gasteiger charge is -2.13. The van der Waals surface area contributed by atoms with Gasteiger partial charge >= 0.3 is 0 Å². The van der Waals surface area contributed by atoms with E-state index in [1.165, 1.54) is 33.9 Å². The summed E-state index contributed by atoms with van der Waals surface area (Å²) in [5.41, 5.74) is 4.32. The van der Waals surface area contributed by atoms with E-state index in [4.69, 9.17) is 16.6 Å². The van der Waals surface area contributed by atoms with Crippen molar-refractivity contribution in [2.75, 3.05) is 5.75 Å². The van der Waals surface area contributed by atoms with E-state index in [1.54, 1.807) is 35.6 Å². The topological polar surface area (TPSA) is 117 Å². The normalized spacial score (nSPS) is 13.2. The maximum absolute atomic E-state index is 13.7. The Hall–Kier alpha value is -3.34. The van der Waals surface area contributed by atoms with Gasteiger partial charge in [-0.1, -0.05) is 23.4 Å². The summed E-state index contributed by atoms with van der Waals surface area (Å²) in [7, 11) is 0. The Morgan fingerprint density at radius 1 is 1.19 bits per heavy atom. The molecule has 2 aromatic heterocycles. The molecular formula is C25H21ClN4O4S2. The lowest BCUT2D eigenvalue weighted by Crippen LogP contribution is -2.24. The predicted octanol–water partition coefficient (Wildman–Crippen LogP) is 4.63. The maximum Gasteiger partial charge on any atom is 0.267 e. The zero-order chi connectivity index (χ0) is 25.2. The molecule has 0 atom stereocenters. The molecule has 1 aliphatic rings. The number of nitrogens with one attached hydrogen (secondary N) is 1. The van der Waals surface area contributed by atoms with Gasteiger partial charge in [0.1, 0.15) is 16.3 Å². The first kappa shape index (κ1) is 24.4. The first-order valence-corrected chi connectivity index (χ1v) is 13.4. The van der Waals surface area contributed by atoms with Gasteiger partial charge in [-0.2, -0.15) is 5.10 Å². The number of hydrogen-bond donors (Lipinski definition) is 3. The molecule has 0 bridgehead atoms. The fourth-order valence-electron chi connectivity index (χ4n) is 4.08. The highest BCUT2D eigenvalue weighted by atomic mass is 35.5. The largest absolute Gasteiger partial charge is 0.508 e. The summed E-state index contributed by atoms with van der Waals surface area (Å²) in [5.74, 6) is -0.675. The number of benzene rings is 2. The highest BCUT2D eigenvalue weighted by Gasteiger charge is 2.23. The number of aromatic hydroxyl groups is 2. The van der Waals surface area contributed by atoms with Crippen LogP contribution in [0, 0.1) is 0 Å². The maximum atomic E-state index is 13.7. The molecule has 2 heterocycles. The quantitative estimate of drug-likeness (QED) is 0.142. The molecule has 5 rings (SSSR count). The van der Waals surface area contributed by atoms with Crippen molar-refractivity contribution in [3.05, 3.63) is 73.8 Å². The number of fused-ring (bicyclic) bond motifs is 3. The van der Waals surface area contributed by atoms with Crippen LogP contribution < -0.4 is 11.0 Å². The van der Waals surface area contributed by atoms with Crippen molar-refractivity contribution in [1.82, 2.24) is 15.0 Å². The molecule has 0 spiro atoms. The molecule has 2 aromatic carbocycles. The Kier molecular flexibility index (Phi) is 6.99. The number of aryl methyl sites for hydroxylation is 2. The number of rotatable bonds is 6. The molecule has 1 aliphatic carbocycles. The number of thioether (sulfide) groups is 1. The number of carbonyl (C=O) groups excluding carboxylic acids is 1. The summed E-state index contributed by atoms with van der Waals surface area (Å²) in [5, 5.41) is 24.7. The second-order valence-corrected chi connectivity index (χ2v) is 10.7. The Labute approximate surface area is 219 Å². The zero-order valence-electron chi connectivity index (χ0n) is 18.9. The Morgan fingerprint density at radius 3 is 2.75 bits per heavy atom. The molecule has 1 amide bonds. The van der Waals surface area contributed by atoms with Gasteiger partial charge in [0.15, 0.2) is 5.16 Å². The van der Waals surface area contributed by atoms with Gasteiger partial charge in [0, 0.05) is 21.5 Å². The van der Waals surface area contributed by atoms with Gasteiger partial charge in [0.2, 0.25) is 0 Å². The van der Waals surface area contributed by atoms with Crippen LogP contribution in [-0.2, 0) is 17.6 Å². The summed E-state index contributed by atoms with van der Waals surface area (Å²) in [6, 6.07) is 11.0. The summed E-state index contributed by atoms with van der Waals surface area (Å²) < 4.78 is 1.54. The number of halogens is 1. The van der Waals surface area contributed by atoms with Crippen LogP contribution in [0.3, 0.4) is 0 Å². The second kappa shape index (κ2) is 10.3. The number of carbonyl (C=O) groups is 1. The van der Waals surface area contributed by atoms with Crippen LogP contribution >= 0.6 is 34.7 Å². The van der Waals surface area contributed by atoms with E-state index in [-0.39, 0.29) is 22.8 Å². The molecule has 0 saturated carbocycles. The van der Waals surface area contributed by atoms with Crippen LogP contribution in [0.5, 0.6) is 11.5 Å². The number of hydrogen-bond acceptors (Lipinski definition) is 8. The minimum absolute atomic E-state index is 0.0322. The number of phenolic OH excluding ortho intramolecular Hbond substituents is 2. The first-order valence-electron chi connectivity index (χ1n) is 11.2. The minimum Gasteiger partial charge on any atom is -0.508 e. The van der Waals surface area contributed by atoms with E-state index in [0.29, 0.717) is 31.6 Å². The highest BCUT2D eigenvalue weighted by Crippen LogP contribution is 2.35. The van der Waals surface area contributed by atoms with Gasteiger partial charge in [-0.25, -0.2) is 10.4 Å². The Morgan fingerprint density at radius 2 is 1.97 bits per heavy atom. The number of phenols is 2. The molecule has 36 heavy (non-hydrogen) atoms. The van der Waals surface area contributed by atoms with Crippen molar-refractivity contribution in [2.24, 2.45) is 5.10 Å². The molecule has 0 aliphatic heterocycles. The molecule has 0 saturated heterocycles. The van der Waals surface area contributed by atoms with Gasteiger partial charge in [0.05, 0.1) is 23.0 Å². The standard InChI is InChI=1S/C25H21ClN4O4S2/c26-15-6-8-16(9-7-15)30-24(34)22-18-3-1-2-4-20(18)36-23(22)28-25(30)35-13-21(33)29-27-12-14-5-10-17(31)11-19(14)32/h5-12,31-32H,1-4,13H2,(H,29,33)/b27-12+. The number of aromatic nitrogens is 2.